The molecule has 0 saturated carbocycles. The van der Waals surface area contributed by atoms with E-state index in [1.165, 1.54) is 7.11 Å². The maximum atomic E-state index is 12.4. The average molecular weight is 300 g/mol. The minimum atomic E-state index is -3.59. The lowest BCUT2D eigenvalue weighted by Gasteiger charge is -2.17. The molecule has 0 saturated heterocycles. The number of nitrogens with one attached hydrogen (secondary N) is 1. The van der Waals surface area contributed by atoms with E-state index in [1.54, 1.807) is 18.2 Å². The summed E-state index contributed by atoms with van der Waals surface area (Å²) in [6, 6.07) is 4.94. The molecule has 5 nitrogen and oxygen atoms in total. The molecule has 0 aromatic heterocycles. The van der Waals surface area contributed by atoms with Crippen molar-refractivity contribution in [3.8, 4) is 5.75 Å². The molecule has 0 spiro atoms. The van der Waals surface area contributed by atoms with E-state index in [0.29, 0.717) is 18.2 Å². The smallest absolute Gasteiger partial charge is 0.244 e. The zero-order valence-corrected chi connectivity index (χ0v) is 13.3. The minimum absolute atomic E-state index is 0.138. The number of nitrogens with two attached hydrogens (primary N) is 1. The summed E-state index contributed by atoms with van der Waals surface area (Å²) in [6.45, 7) is 6.83. The van der Waals surface area contributed by atoms with Crippen LogP contribution in [0.5, 0.6) is 5.75 Å². The van der Waals surface area contributed by atoms with E-state index in [1.807, 2.05) is 6.92 Å². The van der Waals surface area contributed by atoms with Gasteiger partial charge in [0.25, 0.3) is 0 Å². The van der Waals surface area contributed by atoms with Crippen LogP contribution in [-0.4, -0.2) is 22.1 Å². The van der Waals surface area contributed by atoms with Crippen LogP contribution >= 0.6 is 0 Å². The lowest BCUT2D eigenvalue weighted by molar-refractivity contribution is 0.399. The van der Waals surface area contributed by atoms with Crippen molar-refractivity contribution in [1.29, 1.82) is 0 Å². The summed E-state index contributed by atoms with van der Waals surface area (Å²) < 4.78 is 32.5. The molecule has 1 aromatic rings. The summed E-state index contributed by atoms with van der Waals surface area (Å²) >= 11 is 0. The molecule has 1 rings (SSSR count). The molecule has 0 fully saturated rings. The maximum absolute atomic E-state index is 12.4. The summed E-state index contributed by atoms with van der Waals surface area (Å²) in [5.74, 6) is 0.996. The van der Waals surface area contributed by atoms with Gasteiger partial charge in [0.2, 0.25) is 10.0 Å². The number of hydrogen-bond donors (Lipinski definition) is 2. The summed E-state index contributed by atoms with van der Waals surface area (Å²) in [5, 5.41) is 0. The standard InChI is InChI=1S/C14H24N2O3S/c1-10(2)11(3)9-16-20(17,18)14-7-12(8-15)5-6-13(14)19-4/h5-7,10-11,16H,8-9,15H2,1-4H3. The van der Waals surface area contributed by atoms with Crippen molar-refractivity contribution < 1.29 is 13.2 Å². The molecule has 1 unspecified atom stereocenters. The summed E-state index contributed by atoms with van der Waals surface area (Å²) in [6.07, 6.45) is 0. The van der Waals surface area contributed by atoms with Gasteiger partial charge in [-0.25, -0.2) is 13.1 Å². The molecule has 3 N–H and O–H groups in total. The van der Waals surface area contributed by atoms with Gasteiger partial charge in [0, 0.05) is 13.1 Å². The molecule has 114 valence electrons. The predicted octanol–water partition coefficient (Wildman–Crippen LogP) is 1.72. The van der Waals surface area contributed by atoms with Crippen LogP contribution in [0.3, 0.4) is 0 Å². The normalized spacial score (nSPS) is 13.5. The first-order chi connectivity index (χ1) is 9.31. The SMILES string of the molecule is COc1ccc(CN)cc1S(=O)(=O)NCC(C)C(C)C. The second kappa shape index (κ2) is 7.06. The molecule has 1 atom stereocenters. The second-order valence-corrected chi connectivity index (χ2v) is 7.00. The van der Waals surface area contributed by atoms with Gasteiger partial charge < -0.3 is 10.5 Å². The Balaban J connectivity index is 3.02. The van der Waals surface area contributed by atoms with E-state index in [9.17, 15) is 8.42 Å². The predicted molar refractivity (Wildman–Crippen MR) is 80.1 cm³/mol. The highest BCUT2D eigenvalue weighted by Gasteiger charge is 2.21. The van der Waals surface area contributed by atoms with E-state index < -0.39 is 10.0 Å². The van der Waals surface area contributed by atoms with E-state index in [0.717, 1.165) is 5.56 Å². The highest BCUT2D eigenvalue weighted by Crippen LogP contribution is 2.25. The van der Waals surface area contributed by atoms with Gasteiger partial charge in [-0.1, -0.05) is 26.8 Å². The van der Waals surface area contributed by atoms with Gasteiger partial charge in [0.15, 0.2) is 0 Å². The van der Waals surface area contributed by atoms with Gasteiger partial charge in [0.05, 0.1) is 7.11 Å². The van der Waals surface area contributed by atoms with E-state index in [-0.39, 0.29) is 17.4 Å². The molecular weight excluding hydrogens is 276 g/mol. The van der Waals surface area contributed by atoms with Crippen LogP contribution < -0.4 is 15.2 Å². The van der Waals surface area contributed by atoms with Crippen molar-refractivity contribution in [3.63, 3.8) is 0 Å². The summed E-state index contributed by atoms with van der Waals surface area (Å²) in [7, 11) is -2.14. The van der Waals surface area contributed by atoms with E-state index >= 15 is 0 Å². The summed E-state index contributed by atoms with van der Waals surface area (Å²) in [5.41, 5.74) is 6.31. The molecule has 1 aromatic carbocycles. The van der Waals surface area contributed by atoms with Gasteiger partial charge in [0.1, 0.15) is 10.6 Å². The molecular formula is C14H24N2O3S. The Morgan fingerprint density at radius 2 is 1.95 bits per heavy atom. The fraction of sp³-hybridized carbons (Fsp3) is 0.571. The van der Waals surface area contributed by atoms with Crippen LogP contribution in [0.15, 0.2) is 23.1 Å². The molecule has 0 aliphatic carbocycles. The van der Waals surface area contributed by atoms with Crippen molar-refractivity contribution >= 4 is 10.0 Å². The van der Waals surface area contributed by atoms with Gasteiger partial charge >= 0.3 is 0 Å². The topological polar surface area (TPSA) is 81.4 Å². The molecule has 0 aliphatic heterocycles. The van der Waals surface area contributed by atoms with Crippen LogP contribution in [-0.2, 0) is 16.6 Å². The van der Waals surface area contributed by atoms with Crippen molar-refractivity contribution in [2.24, 2.45) is 17.6 Å². The molecule has 6 heteroatoms. The fourth-order valence-electron chi connectivity index (χ4n) is 1.61. The van der Waals surface area contributed by atoms with Crippen LogP contribution in [0, 0.1) is 11.8 Å². The van der Waals surface area contributed by atoms with Crippen molar-refractivity contribution in [3.05, 3.63) is 23.8 Å². The Kier molecular flexibility index (Phi) is 5.98. The highest BCUT2D eigenvalue weighted by atomic mass is 32.2. The molecule has 0 heterocycles. The first kappa shape index (κ1) is 16.9. The first-order valence-corrected chi connectivity index (χ1v) is 8.16. The average Bonchev–Trinajstić information content (AvgIpc) is 2.43. The Labute approximate surface area is 121 Å². The minimum Gasteiger partial charge on any atom is -0.495 e. The number of benzene rings is 1. The number of methoxy groups -OCH3 is 1. The number of ether oxygens (including phenoxy) is 1. The Morgan fingerprint density at radius 3 is 2.45 bits per heavy atom. The van der Waals surface area contributed by atoms with E-state index in [2.05, 4.69) is 18.6 Å². The zero-order chi connectivity index (χ0) is 15.3. The van der Waals surface area contributed by atoms with Crippen molar-refractivity contribution in [2.75, 3.05) is 13.7 Å². The summed E-state index contributed by atoms with van der Waals surface area (Å²) in [4.78, 5) is 0.138. The van der Waals surface area contributed by atoms with Gasteiger partial charge in [-0.3, -0.25) is 0 Å². The fourth-order valence-corrected chi connectivity index (χ4v) is 2.97. The second-order valence-electron chi connectivity index (χ2n) is 5.26. The van der Waals surface area contributed by atoms with Crippen LogP contribution in [0.4, 0.5) is 0 Å². The van der Waals surface area contributed by atoms with Gasteiger partial charge in [-0.05, 0) is 29.5 Å². The Hall–Kier alpha value is -1.11. The van der Waals surface area contributed by atoms with E-state index in [4.69, 9.17) is 10.5 Å². The number of hydrogen-bond acceptors (Lipinski definition) is 4. The molecule has 20 heavy (non-hydrogen) atoms. The van der Waals surface area contributed by atoms with Crippen molar-refractivity contribution in [1.82, 2.24) is 4.72 Å². The molecule has 0 amide bonds. The molecule has 0 bridgehead atoms. The van der Waals surface area contributed by atoms with Crippen LogP contribution in [0.25, 0.3) is 0 Å². The lowest BCUT2D eigenvalue weighted by atomic mass is 9.99. The number of rotatable bonds is 7. The highest BCUT2D eigenvalue weighted by molar-refractivity contribution is 7.89. The zero-order valence-electron chi connectivity index (χ0n) is 12.5. The van der Waals surface area contributed by atoms with Crippen LogP contribution in [0.1, 0.15) is 26.3 Å². The Morgan fingerprint density at radius 1 is 1.30 bits per heavy atom. The number of sulfonamides is 1. The first-order valence-electron chi connectivity index (χ1n) is 6.68. The molecule has 0 radical (unpaired) electrons. The maximum Gasteiger partial charge on any atom is 0.244 e. The van der Waals surface area contributed by atoms with Gasteiger partial charge in [-0.15, -0.1) is 0 Å². The molecule has 0 aliphatic rings. The van der Waals surface area contributed by atoms with Crippen LogP contribution in [0.2, 0.25) is 0 Å². The monoisotopic (exact) mass is 300 g/mol. The Bertz CT molecular complexity index is 541. The quantitative estimate of drug-likeness (QED) is 0.803. The van der Waals surface area contributed by atoms with Gasteiger partial charge in [-0.2, -0.15) is 0 Å². The lowest BCUT2D eigenvalue weighted by Crippen LogP contribution is -2.30. The third-order valence-corrected chi connectivity index (χ3v) is 4.93. The largest absolute Gasteiger partial charge is 0.495 e. The third-order valence-electron chi connectivity index (χ3n) is 3.49. The van der Waals surface area contributed by atoms with Crippen molar-refractivity contribution in [2.45, 2.75) is 32.2 Å². The third kappa shape index (κ3) is 4.19.